The van der Waals surface area contributed by atoms with Crippen LogP contribution in [-0.4, -0.2) is 36.6 Å². The van der Waals surface area contributed by atoms with Crippen molar-refractivity contribution < 1.29 is 14.6 Å². The first-order valence-electron chi connectivity index (χ1n) is 10.9. The molecule has 2 aromatic rings. The van der Waals surface area contributed by atoms with Gasteiger partial charge in [-0.05, 0) is 66.7 Å². The highest BCUT2D eigenvalue weighted by Gasteiger charge is 2.36. The number of aryl methyl sites for hydroxylation is 1. The molecule has 0 amide bonds. The number of ether oxygens (including phenoxy) is 2. The van der Waals surface area contributed by atoms with E-state index in [4.69, 9.17) is 15.2 Å². The van der Waals surface area contributed by atoms with Crippen LogP contribution in [0.15, 0.2) is 48.5 Å². The molecule has 1 saturated carbocycles. The Kier molecular flexibility index (Phi) is 6.66. The van der Waals surface area contributed by atoms with Gasteiger partial charge < -0.3 is 20.3 Å². The summed E-state index contributed by atoms with van der Waals surface area (Å²) in [7, 11) is 0. The zero-order valence-corrected chi connectivity index (χ0v) is 17.2. The molecule has 0 aromatic heterocycles. The predicted octanol–water partition coefficient (Wildman–Crippen LogP) is 3.73. The van der Waals surface area contributed by atoms with Crippen LogP contribution in [0.2, 0.25) is 0 Å². The molecule has 4 heteroatoms. The molecule has 1 fully saturated rings. The van der Waals surface area contributed by atoms with Gasteiger partial charge in [0.2, 0.25) is 0 Å². The third-order valence-corrected chi connectivity index (χ3v) is 6.54. The Balaban J connectivity index is 1.23. The zero-order valence-electron chi connectivity index (χ0n) is 17.2. The van der Waals surface area contributed by atoms with E-state index in [1.807, 2.05) is 18.2 Å². The molecule has 29 heavy (non-hydrogen) atoms. The molecule has 0 radical (unpaired) electrons. The van der Waals surface area contributed by atoms with Crippen LogP contribution in [0.3, 0.4) is 0 Å². The molecule has 2 aliphatic carbocycles. The smallest absolute Gasteiger partial charge is 0.0718 e. The number of fused-ring (bicyclic) bond motifs is 1. The highest BCUT2D eigenvalue weighted by molar-refractivity contribution is 5.37. The number of rotatable bonds is 8. The molecule has 4 rings (SSSR count). The second-order valence-corrected chi connectivity index (χ2v) is 8.76. The Morgan fingerprint density at radius 1 is 1.03 bits per heavy atom. The Hall–Kier alpha value is -1.72. The number of benzene rings is 2. The van der Waals surface area contributed by atoms with Gasteiger partial charge in [-0.2, -0.15) is 0 Å². The lowest BCUT2D eigenvalue weighted by Gasteiger charge is -2.26. The minimum absolute atomic E-state index is 0.0858. The van der Waals surface area contributed by atoms with Gasteiger partial charge in [0.1, 0.15) is 0 Å². The zero-order chi connectivity index (χ0) is 20.1. The summed E-state index contributed by atoms with van der Waals surface area (Å²) in [6.07, 6.45) is 6.27. The summed E-state index contributed by atoms with van der Waals surface area (Å²) < 4.78 is 11.8. The summed E-state index contributed by atoms with van der Waals surface area (Å²) in [5.41, 5.74) is 11.3. The van der Waals surface area contributed by atoms with Crippen LogP contribution in [0, 0.1) is 0 Å². The maximum Gasteiger partial charge on any atom is 0.0718 e. The third kappa shape index (κ3) is 5.26. The van der Waals surface area contributed by atoms with Gasteiger partial charge in [-0.15, -0.1) is 0 Å². The Morgan fingerprint density at radius 3 is 2.69 bits per heavy atom. The van der Waals surface area contributed by atoms with E-state index in [2.05, 4.69) is 30.3 Å². The molecule has 0 aliphatic heterocycles. The normalized spacial score (nSPS) is 26.4. The molecule has 4 nitrogen and oxygen atoms in total. The van der Waals surface area contributed by atoms with E-state index in [1.54, 1.807) is 0 Å². The van der Waals surface area contributed by atoms with Crippen LogP contribution in [0.1, 0.15) is 53.9 Å². The lowest BCUT2D eigenvalue weighted by atomic mass is 9.85. The van der Waals surface area contributed by atoms with Gasteiger partial charge in [-0.3, -0.25) is 0 Å². The largest absolute Gasteiger partial charge is 0.394 e. The number of hydrogen-bond acceptors (Lipinski definition) is 4. The second kappa shape index (κ2) is 9.40. The van der Waals surface area contributed by atoms with Crippen molar-refractivity contribution in [3.05, 3.63) is 70.8 Å². The first kappa shape index (κ1) is 20.5. The molecule has 3 atom stereocenters. The lowest BCUT2D eigenvalue weighted by Crippen LogP contribution is -2.40. The predicted molar refractivity (Wildman–Crippen MR) is 115 cm³/mol. The van der Waals surface area contributed by atoms with Crippen LogP contribution in [0.25, 0.3) is 0 Å². The fourth-order valence-corrected chi connectivity index (χ4v) is 4.76. The average molecular weight is 396 g/mol. The van der Waals surface area contributed by atoms with Crippen molar-refractivity contribution in [3.8, 4) is 0 Å². The Labute approximate surface area is 174 Å². The van der Waals surface area contributed by atoms with Gasteiger partial charge >= 0.3 is 0 Å². The van der Waals surface area contributed by atoms with Crippen molar-refractivity contribution in [3.63, 3.8) is 0 Å². The minimum Gasteiger partial charge on any atom is -0.394 e. The number of hydrogen-bond donors (Lipinski definition) is 2. The fraction of sp³-hybridized carbons (Fsp3) is 0.520. The molecular weight excluding hydrogens is 362 g/mol. The summed E-state index contributed by atoms with van der Waals surface area (Å²) in [4.78, 5) is 0. The molecular formula is C25H33NO3. The molecule has 0 spiro atoms. The monoisotopic (exact) mass is 395 g/mol. The second-order valence-electron chi connectivity index (χ2n) is 8.76. The van der Waals surface area contributed by atoms with Crippen molar-refractivity contribution in [2.75, 3.05) is 19.8 Å². The molecule has 2 aromatic carbocycles. The van der Waals surface area contributed by atoms with E-state index in [-0.39, 0.29) is 18.2 Å². The van der Waals surface area contributed by atoms with E-state index in [9.17, 15) is 5.11 Å². The van der Waals surface area contributed by atoms with Crippen molar-refractivity contribution in [2.24, 2.45) is 5.73 Å². The van der Waals surface area contributed by atoms with Crippen LogP contribution in [-0.2, 0) is 28.9 Å². The summed E-state index contributed by atoms with van der Waals surface area (Å²) in [6, 6.07) is 17.2. The topological polar surface area (TPSA) is 64.7 Å². The maximum absolute atomic E-state index is 9.53. The number of aliphatic hydroxyl groups is 1. The first-order valence-corrected chi connectivity index (χ1v) is 10.9. The number of nitrogens with two attached hydrogens (primary N) is 1. The molecule has 3 N–H and O–H groups in total. The van der Waals surface area contributed by atoms with Crippen molar-refractivity contribution in [1.82, 2.24) is 0 Å². The van der Waals surface area contributed by atoms with Gasteiger partial charge in [0.15, 0.2) is 0 Å². The van der Waals surface area contributed by atoms with E-state index < -0.39 is 0 Å². The van der Waals surface area contributed by atoms with Crippen LogP contribution in [0.5, 0.6) is 0 Å². The first-order chi connectivity index (χ1) is 14.1. The van der Waals surface area contributed by atoms with Crippen LogP contribution >= 0.6 is 0 Å². The quantitative estimate of drug-likeness (QED) is 0.669. The molecule has 156 valence electrons. The van der Waals surface area contributed by atoms with Crippen molar-refractivity contribution >= 4 is 0 Å². The van der Waals surface area contributed by atoms with Gasteiger partial charge in [0.25, 0.3) is 0 Å². The van der Waals surface area contributed by atoms with Crippen molar-refractivity contribution in [1.29, 1.82) is 0 Å². The van der Waals surface area contributed by atoms with Gasteiger partial charge in [-0.25, -0.2) is 0 Å². The van der Waals surface area contributed by atoms with Gasteiger partial charge in [0.05, 0.1) is 32.5 Å². The molecule has 0 heterocycles. The average Bonchev–Trinajstić information content (AvgIpc) is 3.16. The standard InChI is InChI=1S/C25H33NO3/c26-25(18-27)11-10-23(16-25)21-6-7-22-15-24(9-8-20(22)14-21)29-13-12-28-17-19-4-2-1-3-5-19/h1-7,14,23-24,27H,8-13,15-18,26H2/t23-,24?,25+/m0/s1. The summed E-state index contributed by atoms with van der Waals surface area (Å²) in [5, 5.41) is 9.53. The van der Waals surface area contributed by atoms with Crippen LogP contribution in [0.4, 0.5) is 0 Å². The third-order valence-electron chi connectivity index (χ3n) is 6.54. The van der Waals surface area contributed by atoms with E-state index in [0.29, 0.717) is 25.7 Å². The highest BCUT2D eigenvalue weighted by atomic mass is 16.5. The molecule has 0 bridgehead atoms. The van der Waals surface area contributed by atoms with Crippen molar-refractivity contribution in [2.45, 2.75) is 62.7 Å². The SMILES string of the molecule is N[C@]1(CO)CC[C@H](c2ccc3c(c2)CCC(OCCOCc2ccccc2)C3)C1. The summed E-state index contributed by atoms with van der Waals surface area (Å²) in [5.74, 6) is 0.480. The molecule has 1 unspecified atom stereocenters. The highest BCUT2D eigenvalue weighted by Crippen LogP contribution is 2.40. The van der Waals surface area contributed by atoms with E-state index >= 15 is 0 Å². The Bertz CT molecular complexity index is 794. The lowest BCUT2D eigenvalue weighted by molar-refractivity contribution is -0.00459. The van der Waals surface area contributed by atoms with Gasteiger partial charge in [-0.1, -0.05) is 48.5 Å². The minimum atomic E-state index is -0.387. The van der Waals surface area contributed by atoms with E-state index in [0.717, 1.165) is 38.5 Å². The fourth-order valence-electron chi connectivity index (χ4n) is 4.76. The maximum atomic E-state index is 9.53. The molecule has 0 saturated heterocycles. The Morgan fingerprint density at radius 2 is 1.90 bits per heavy atom. The van der Waals surface area contributed by atoms with Gasteiger partial charge in [0, 0.05) is 5.54 Å². The summed E-state index contributed by atoms with van der Waals surface area (Å²) >= 11 is 0. The molecule has 2 aliphatic rings. The number of aliphatic hydroxyl groups excluding tert-OH is 1. The van der Waals surface area contributed by atoms with Crippen LogP contribution < -0.4 is 5.73 Å². The summed E-state index contributed by atoms with van der Waals surface area (Å²) in [6.45, 7) is 2.00. The van der Waals surface area contributed by atoms with E-state index in [1.165, 1.54) is 22.3 Å².